The van der Waals surface area contributed by atoms with Crippen LogP contribution in [0.15, 0.2) is 47.4 Å². The largest absolute Gasteiger partial charge is 0.332 e. The highest BCUT2D eigenvalue weighted by molar-refractivity contribution is 5.80. The molecule has 3 rings (SSSR count). The first-order chi connectivity index (χ1) is 8.27. The number of aromatic amines is 1. The zero-order valence-corrected chi connectivity index (χ0v) is 9.34. The van der Waals surface area contributed by atoms with Crippen molar-refractivity contribution in [3.8, 4) is 5.82 Å². The smallest absolute Gasteiger partial charge is 0.305 e. The summed E-state index contributed by atoms with van der Waals surface area (Å²) >= 11 is 0. The Morgan fingerprint density at radius 2 is 2.06 bits per heavy atom. The van der Waals surface area contributed by atoms with E-state index < -0.39 is 0 Å². The Morgan fingerprint density at radius 3 is 2.82 bits per heavy atom. The molecule has 2 aromatic heterocycles. The van der Waals surface area contributed by atoms with E-state index in [1.54, 1.807) is 10.8 Å². The monoisotopic (exact) mass is 225 g/mol. The van der Waals surface area contributed by atoms with Crippen molar-refractivity contribution >= 4 is 11.0 Å². The molecular weight excluding hydrogens is 214 g/mol. The molecule has 0 radical (unpaired) electrons. The van der Waals surface area contributed by atoms with Crippen molar-refractivity contribution in [2.24, 2.45) is 0 Å². The second kappa shape index (κ2) is 3.59. The lowest BCUT2D eigenvalue weighted by molar-refractivity contribution is 0.963. The van der Waals surface area contributed by atoms with Crippen molar-refractivity contribution in [3.05, 3.63) is 58.6 Å². The van der Waals surface area contributed by atoms with Crippen molar-refractivity contribution in [2.75, 3.05) is 0 Å². The molecule has 0 aliphatic heterocycles. The number of imidazole rings is 1. The lowest BCUT2D eigenvalue weighted by Crippen LogP contribution is -2.15. The minimum Gasteiger partial charge on any atom is -0.305 e. The Hall–Kier alpha value is -2.36. The Balaban J connectivity index is 2.45. The first-order valence-corrected chi connectivity index (χ1v) is 5.39. The summed E-state index contributed by atoms with van der Waals surface area (Å²) in [6.07, 6.45) is 1.68. The van der Waals surface area contributed by atoms with Crippen LogP contribution in [0.3, 0.4) is 0 Å². The fourth-order valence-electron chi connectivity index (χ4n) is 2.03. The van der Waals surface area contributed by atoms with Crippen molar-refractivity contribution in [2.45, 2.75) is 6.92 Å². The van der Waals surface area contributed by atoms with Crippen molar-refractivity contribution in [1.82, 2.24) is 14.5 Å². The van der Waals surface area contributed by atoms with E-state index in [1.165, 1.54) is 0 Å². The number of benzene rings is 1. The number of rotatable bonds is 1. The number of aromatic nitrogens is 3. The van der Waals surface area contributed by atoms with Gasteiger partial charge in [-0.25, -0.2) is 14.3 Å². The van der Waals surface area contributed by atoms with E-state index in [0.29, 0.717) is 5.82 Å². The molecule has 0 spiro atoms. The number of para-hydroxylation sites is 1. The van der Waals surface area contributed by atoms with E-state index in [9.17, 15) is 4.79 Å². The van der Waals surface area contributed by atoms with Crippen LogP contribution < -0.4 is 5.69 Å². The second-order valence-corrected chi connectivity index (χ2v) is 3.92. The lowest BCUT2D eigenvalue weighted by atomic mass is 10.2. The summed E-state index contributed by atoms with van der Waals surface area (Å²) in [5.74, 6) is 0.637. The average molecular weight is 225 g/mol. The lowest BCUT2D eigenvalue weighted by Gasteiger charge is -2.03. The molecule has 4 nitrogen and oxygen atoms in total. The van der Waals surface area contributed by atoms with E-state index in [2.05, 4.69) is 9.97 Å². The van der Waals surface area contributed by atoms with Gasteiger partial charge in [0.05, 0.1) is 11.0 Å². The van der Waals surface area contributed by atoms with Crippen LogP contribution >= 0.6 is 0 Å². The molecule has 0 aliphatic carbocycles. The van der Waals surface area contributed by atoms with Gasteiger partial charge in [-0.3, -0.25) is 0 Å². The molecule has 0 aliphatic rings. The zero-order chi connectivity index (χ0) is 11.8. The molecule has 0 atom stereocenters. The summed E-state index contributed by atoms with van der Waals surface area (Å²) in [5, 5.41) is 0. The topological polar surface area (TPSA) is 50.7 Å². The summed E-state index contributed by atoms with van der Waals surface area (Å²) in [4.78, 5) is 19.0. The normalized spacial score (nSPS) is 10.9. The average Bonchev–Trinajstić information content (AvgIpc) is 2.68. The van der Waals surface area contributed by atoms with Crippen molar-refractivity contribution in [3.63, 3.8) is 0 Å². The maximum Gasteiger partial charge on any atom is 0.332 e. The van der Waals surface area contributed by atoms with Gasteiger partial charge < -0.3 is 4.98 Å². The number of H-pyrrole nitrogens is 1. The number of hydrogen-bond acceptors (Lipinski definition) is 2. The number of pyridine rings is 1. The van der Waals surface area contributed by atoms with Crippen LogP contribution in [0.25, 0.3) is 16.9 Å². The molecule has 17 heavy (non-hydrogen) atoms. The molecule has 3 aromatic rings. The number of aryl methyl sites for hydroxylation is 1. The van der Waals surface area contributed by atoms with E-state index in [-0.39, 0.29) is 5.69 Å². The summed E-state index contributed by atoms with van der Waals surface area (Å²) in [6.45, 7) is 1.98. The Morgan fingerprint density at radius 1 is 1.18 bits per heavy atom. The Labute approximate surface area is 97.6 Å². The molecule has 1 N–H and O–H groups in total. The fourth-order valence-corrected chi connectivity index (χ4v) is 2.03. The number of hydrogen-bond donors (Lipinski definition) is 1. The molecule has 2 heterocycles. The summed E-state index contributed by atoms with van der Waals surface area (Å²) < 4.78 is 1.60. The first-order valence-electron chi connectivity index (χ1n) is 5.39. The second-order valence-electron chi connectivity index (χ2n) is 3.92. The highest BCUT2D eigenvalue weighted by atomic mass is 16.1. The van der Waals surface area contributed by atoms with Crippen LogP contribution in [0.2, 0.25) is 0 Å². The van der Waals surface area contributed by atoms with Gasteiger partial charge in [-0.15, -0.1) is 0 Å². The van der Waals surface area contributed by atoms with Crippen molar-refractivity contribution < 1.29 is 0 Å². The van der Waals surface area contributed by atoms with Gasteiger partial charge in [0.2, 0.25) is 0 Å². The van der Waals surface area contributed by atoms with Gasteiger partial charge in [-0.1, -0.05) is 18.2 Å². The van der Waals surface area contributed by atoms with Gasteiger partial charge in [0.25, 0.3) is 0 Å². The standard InChI is InChI=1S/C13H11N3O/c1-9-5-4-6-10-12(9)16(13(17)15-10)11-7-2-3-8-14-11/h2-8H,1H3,(H,15,17). The third-order valence-corrected chi connectivity index (χ3v) is 2.78. The molecule has 0 unspecified atom stereocenters. The van der Waals surface area contributed by atoms with Crippen LogP contribution in [-0.2, 0) is 0 Å². The van der Waals surface area contributed by atoms with Gasteiger partial charge >= 0.3 is 5.69 Å². The van der Waals surface area contributed by atoms with Gasteiger partial charge in [0.15, 0.2) is 0 Å². The maximum atomic E-state index is 12.0. The number of nitrogens with one attached hydrogen (secondary N) is 1. The highest BCUT2D eigenvalue weighted by Crippen LogP contribution is 2.17. The fraction of sp³-hybridized carbons (Fsp3) is 0.0769. The molecule has 0 bridgehead atoms. The quantitative estimate of drug-likeness (QED) is 0.688. The summed E-state index contributed by atoms with van der Waals surface area (Å²) in [6, 6.07) is 11.3. The first kappa shape index (κ1) is 9.84. The molecular formula is C13H11N3O. The van der Waals surface area contributed by atoms with Crippen LogP contribution in [-0.4, -0.2) is 14.5 Å². The summed E-state index contributed by atoms with van der Waals surface area (Å²) in [5.41, 5.74) is 2.61. The minimum absolute atomic E-state index is 0.159. The Bertz CT molecular complexity index is 725. The molecule has 0 saturated heterocycles. The van der Waals surface area contributed by atoms with Crippen LogP contribution in [0.4, 0.5) is 0 Å². The maximum absolute atomic E-state index is 12.0. The highest BCUT2D eigenvalue weighted by Gasteiger charge is 2.10. The summed E-state index contributed by atoms with van der Waals surface area (Å²) in [7, 11) is 0. The number of fused-ring (bicyclic) bond motifs is 1. The van der Waals surface area contributed by atoms with Crippen LogP contribution in [0.5, 0.6) is 0 Å². The van der Waals surface area contributed by atoms with Gasteiger partial charge in [-0.2, -0.15) is 0 Å². The zero-order valence-electron chi connectivity index (χ0n) is 9.34. The third-order valence-electron chi connectivity index (χ3n) is 2.78. The van der Waals surface area contributed by atoms with Crippen LogP contribution in [0.1, 0.15) is 5.56 Å². The van der Waals surface area contributed by atoms with Gasteiger partial charge in [0.1, 0.15) is 5.82 Å². The van der Waals surface area contributed by atoms with Crippen molar-refractivity contribution in [1.29, 1.82) is 0 Å². The number of nitrogens with zero attached hydrogens (tertiary/aromatic N) is 2. The van der Waals surface area contributed by atoms with Crippen LogP contribution in [0, 0.1) is 6.92 Å². The molecule has 84 valence electrons. The SMILES string of the molecule is Cc1cccc2[nH]c(=O)n(-c3ccccn3)c12. The minimum atomic E-state index is -0.159. The third kappa shape index (κ3) is 1.45. The molecule has 0 saturated carbocycles. The molecule has 0 fully saturated rings. The van der Waals surface area contributed by atoms with Gasteiger partial charge in [0, 0.05) is 6.20 Å². The van der Waals surface area contributed by atoms with E-state index in [0.717, 1.165) is 16.6 Å². The predicted octanol–water partition coefficient (Wildman–Crippen LogP) is 2.02. The Kier molecular flexibility index (Phi) is 2.08. The molecule has 1 aromatic carbocycles. The molecule has 4 heteroatoms. The predicted molar refractivity (Wildman–Crippen MR) is 66.4 cm³/mol. The van der Waals surface area contributed by atoms with Gasteiger partial charge in [-0.05, 0) is 30.7 Å². The van der Waals surface area contributed by atoms with E-state index in [1.807, 2.05) is 43.3 Å². The molecule has 0 amide bonds. The van der Waals surface area contributed by atoms with E-state index in [4.69, 9.17) is 0 Å². The van der Waals surface area contributed by atoms with E-state index >= 15 is 0 Å².